The Balaban J connectivity index is 2.34. The summed E-state index contributed by atoms with van der Waals surface area (Å²) in [5, 5.41) is 13.0. The standard InChI is InChI=1S/C24H25O2P/c1-24(2,19-18-23(25)26)27(20-12-6-3-7-13-20,21-14-8-4-9-15-21)22-16-10-5-11-17-22/h3-17H,18-19H2,1-2H3/p+1. The molecule has 0 saturated heterocycles. The van der Waals surface area contributed by atoms with Gasteiger partial charge in [-0.25, -0.2) is 0 Å². The van der Waals surface area contributed by atoms with Crippen LogP contribution in [0.5, 0.6) is 0 Å². The summed E-state index contributed by atoms with van der Waals surface area (Å²) in [6.07, 6.45) is 0.788. The van der Waals surface area contributed by atoms with Crippen LogP contribution in [0.3, 0.4) is 0 Å². The van der Waals surface area contributed by atoms with Crippen LogP contribution in [0.1, 0.15) is 26.7 Å². The number of hydrogen-bond acceptors (Lipinski definition) is 1. The molecule has 0 unspecified atom stereocenters. The van der Waals surface area contributed by atoms with Gasteiger partial charge in [0.1, 0.15) is 23.2 Å². The molecule has 0 aliphatic carbocycles. The fourth-order valence-corrected chi connectivity index (χ4v) is 9.33. The molecule has 3 heteroatoms. The number of carboxylic acids is 1. The van der Waals surface area contributed by atoms with E-state index in [4.69, 9.17) is 0 Å². The topological polar surface area (TPSA) is 37.3 Å². The second-order valence-electron chi connectivity index (χ2n) is 7.38. The Bertz CT molecular complexity index is 777. The molecule has 2 nitrogen and oxygen atoms in total. The lowest BCUT2D eigenvalue weighted by molar-refractivity contribution is -0.137. The monoisotopic (exact) mass is 377 g/mol. The summed E-state index contributed by atoms with van der Waals surface area (Å²) >= 11 is 0. The Kier molecular flexibility index (Phi) is 5.77. The highest BCUT2D eigenvalue weighted by atomic mass is 31.2. The number of carboxylic acid groups (broad SMARTS) is 1. The van der Waals surface area contributed by atoms with Gasteiger partial charge < -0.3 is 5.11 Å². The molecule has 0 heterocycles. The van der Waals surface area contributed by atoms with E-state index >= 15 is 0 Å². The summed E-state index contributed by atoms with van der Waals surface area (Å²) in [5.41, 5.74) is 0. The van der Waals surface area contributed by atoms with E-state index in [0.29, 0.717) is 6.42 Å². The number of rotatable bonds is 7. The van der Waals surface area contributed by atoms with E-state index < -0.39 is 13.2 Å². The van der Waals surface area contributed by atoms with Gasteiger partial charge in [-0.1, -0.05) is 54.6 Å². The SMILES string of the molecule is CC(C)(CCC(=O)O)[P+](c1ccccc1)(c1ccccc1)c1ccccc1. The van der Waals surface area contributed by atoms with Crippen molar-refractivity contribution in [3.05, 3.63) is 91.0 Å². The highest BCUT2D eigenvalue weighted by molar-refractivity contribution is 7.96. The predicted molar refractivity (Wildman–Crippen MR) is 116 cm³/mol. The van der Waals surface area contributed by atoms with E-state index in [1.165, 1.54) is 15.9 Å². The highest BCUT2D eigenvalue weighted by Crippen LogP contribution is 2.67. The van der Waals surface area contributed by atoms with Crippen molar-refractivity contribution in [2.75, 3.05) is 0 Å². The smallest absolute Gasteiger partial charge is 0.303 e. The molecule has 0 fully saturated rings. The van der Waals surface area contributed by atoms with E-state index in [1.54, 1.807) is 0 Å². The number of hydrogen-bond donors (Lipinski definition) is 1. The Morgan fingerprint density at radius 1 is 0.741 bits per heavy atom. The molecule has 0 radical (unpaired) electrons. The lowest BCUT2D eigenvalue weighted by Gasteiger charge is -2.40. The van der Waals surface area contributed by atoms with Crippen LogP contribution in [0.4, 0.5) is 0 Å². The molecule has 138 valence electrons. The van der Waals surface area contributed by atoms with Crippen LogP contribution in [0.2, 0.25) is 0 Å². The maximum Gasteiger partial charge on any atom is 0.303 e. The normalized spacial score (nSPS) is 11.9. The van der Waals surface area contributed by atoms with E-state index in [2.05, 4.69) is 86.6 Å². The molecule has 0 aliphatic heterocycles. The zero-order valence-electron chi connectivity index (χ0n) is 15.9. The molecule has 3 aromatic rings. The van der Waals surface area contributed by atoms with Crippen molar-refractivity contribution in [2.45, 2.75) is 31.8 Å². The molecule has 0 spiro atoms. The molecular weight excluding hydrogens is 351 g/mol. The average molecular weight is 377 g/mol. The largest absolute Gasteiger partial charge is 0.481 e. The van der Waals surface area contributed by atoms with Crippen LogP contribution in [-0.2, 0) is 4.79 Å². The van der Waals surface area contributed by atoms with E-state index in [9.17, 15) is 9.90 Å². The first-order valence-electron chi connectivity index (χ1n) is 9.26. The van der Waals surface area contributed by atoms with Crippen LogP contribution in [0, 0.1) is 0 Å². The van der Waals surface area contributed by atoms with Gasteiger partial charge in [0.05, 0.1) is 5.16 Å². The number of benzene rings is 3. The van der Waals surface area contributed by atoms with Crippen molar-refractivity contribution in [2.24, 2.45) is 0 Å². The lowest BCUT2D eigenvalue weighted by atomic mass is 10.1. The average Bonchev–Trinajstić information content (AvgIpc) is 2.69. The zero-order chi connectivity index (χ0) is 19.3. The predicted octanol–water partition coefficient (Wildman–Crippen LogP) is 4.62. The summed E-state index contributed by atoms with van der Waals surface area (Å²) < 4.78 is 0. The minimum absolute atomic E-state index is 0.168. The van der Waals surface area contributed by atoms with Crippen molar-refractivity contribution in [1.29, 1.82) is 0 Å². The second kappa shape index (κ2) is 8.06. The Morgan fingerprint density at radius 2 is 1.07 bits per heavy atom. The third-order valence-electron chi connectivity index (χ3n) is 5.29. The molecule has 3 rings (SSSR count). The maximum absolute atomic E-state index is 11.4. The van der Waals surface area contributed by atoms with Gasteiger partial charge in [0, 0.05) is 6.42 Å². The third-order valence-corrected chi connectivity index (χ3v) is 10.5. The summed E-state index contributed by atoms with van der Waals surface area (Å²) in [4.78, 5) is 11.4. The minimum Gasteiger partial charge on any atom is -0.481 e. The van der Waals surface area contributed by atoms with Gasteiger partial charge in [0.25, 0.3) is 0 Å². The first-order valence-corrected chi connectivity index (χ1v) is 11.1. The van der Waals surface area contributed by atoms with Crippen molar-refractivity contribution in [3.63, 3.8) is 0 Å². The van der Waals surface area contributed by atoms with Crippen molar-refractivity contribution < 1.29 is 9.90 Å². The van der Waals surface area contributed by atoms with Crippen LogP contribution >= 0.6 is 7.26 Å². The molecule has 27 heavy (non-hydrogen) atoms. The van der Waals surface area contributed by atoms with Crippen LogP contribution in [-0.4, -0.2) is 16.2 Å². The van der Waals surface area contributed by atoms with Gasteiger partial charge >= 0.3 is 5.97 Å². The van der Waals surface area contributed by atoms with Crippen molar-refractivity contribution in [1.82, 2.24) is 0 Å². The fourth-order valence-electron chi connectivity index (χ4n) is 4.03. The fraction of sp³-hybridized carbons (Fsp3) is 0.208. The zero-order valence-corrected chi connectivity index (χ0v) is 16.8. The van der Waals surface area contributed by atoms with E-state index in [-0.39, 0.29) is 11.6 Å². The number of aliphatic carboxylic acids is 1. The Morgan fingerprint density at radius 3 is 1.37 bits per heavy atom. The summed E-state index contributed by atoms with van der Waals surface area (Å²) in [7, 11) is -2.08. The highest BCUT2D eigenvalue weighted by Gasteiger charge is 2.57. The second-order valence-corrected chi connectivity index (χ2v) is 11.5. The van der Waals surface area contributed by atoms with Crippen molar-refractivity contribution >= 4 is 29.1 Å². The van der Waals surface area contributed by atoms with Gasteiger partial charge in [-0.05, 0) is 56.7 Å². The molecule has 0 aliphatic rings. The maximum atomic E-state index is 11.4. The van der Waals surface area contributed by atoms with Gasteiger partial charge in [0.2, 0.25) is 0 Å². The third kappa shape index (κ3) is 3.68. The minimum atomic E-state index is -2.08. The molecule has 0 aromatic heterocycles. The van der Waals surface area contributed by atoms with E-state index in [0.717, 1.165) is 0 Å². The van der Waals surface area contributed by atoms with Gasteiger partial charge in [-0.15, -0.1) is 0 Å². The molecule has 0 amide bonds. The first kappa shape index (κ1) is 19.3. The Hall–Kier alpha value is -2.44. The van der Waals surface area contributed by atoms with E-state index in [1.807, 2.05) is 18.2 Å². The van der Waals surface area contributed by atoms with Crippen molar-refractivity contribution in [3.8, 4) is 0 Å². The lowest BCUT2D eigenvalue weighted by Crippen LogP contribution is -2.44. The Labute approximate surface area is 162 Å². The van der Waals surface area contributed by atoms with Gasteiger partial charge in [-0.2, -0.15) is 0 Å². The van der Waals surface area contributed by atoms with Crippen LogP contribution < -0.4 is 15.9 Å². The first-order chi connectivity index (χ1) is 13.0. The number of carbonyl (C=O) groups is 1. The molecule has 0 saturated carbocycles. The summed E-state index contributed by atoms with van der Waals surface area (Å²) in [6, 6.07) is 31.9. The van der Waals surface area contributed by atoms with Crippen LogP contribution in [0.25, 0.3) is 0 Å². The van der Waals surface area contributed by atoms with Gasteiger partial charge in [0.15, 0.2) is 0 Å². The molecule has 0 bridgehead atoms. The molecular formula is C24H26O2P+. The quantitative estimate of drug-likeness (QED) is 0.610. The van der Waals surface area contributed by atoms with Crippen LogP contribution in [0.15, 0.2) is 91.0 Å². The molecule has 1 N–H and O–H groups in total. The van der Waals surface area contributed by atoms with Gasteiger partial charge in [-0.3, -0.25) is 4.79 Å². The summed E-state index contributed by atoms with van der Waals surface area (Å²) in [5.74, 6) is -0.740. The summed E-state index contributed by atoms with van der Waals surface area (Å²) in [6.45, 7) is 4.47. The molecule has 0 atom stereocenters. The molecule has 3 aromatic carbocycles.